The highest BCUT2D eigenvalue weighted by atomic mass is 16.5. The Hall–Kier alpha value is -1.53. The number of nitrogens with zero attached hydrogens (tertiary/aromatic N) is 2. The molecule has 0 fully saturated rings. The maximum Gasteiger partial charge on any atom is 0.135 e. The van der Waals surface area contributed by atoms with E-state index in [0.29, 0.717) is 0 Å². The van der Waals surface area contributed by atoms with Crippen molar-refractivity contribution in [1.29, 1.82) is 5.26 Å². The largest absolute Gasteiger partial charge is 0.497 e. The van der Waals surface area contributed by atoms with Crippen molar-refractivity contribution >= 4 is 0 Å². The predicted molar refractivity (Wildman–Crippen MR) is 76.1 cm³/mol. The van der Waals surface area contributed by atoms with Gasteiger partial charge in [-0.15, -0.1) is 0 Å². The highest BCUT2D eigenvalue weighted by Gasteiger charge is 2.41. The third kappa shape index (κ3) is 2.21. The second-order valence-electron chi connectivity index (χ2n) is 5.02. The fraction of sp³-hybridized carbons (Fsp3) is 0.562. The standard InChI is InChI=1S/C16H22N2O/c1-4-18(5-2)16(12-17)10-6-7-13-8-9-14(19-3)11-15(13)16/h8-9,11H,4-7,10H2,1-3H3. The van der Waals surface area contributed by atoms with E-state index in [1.54, 1.807) is 7.11 Å². The van der Waals surface area contributed by atoms with Crippen LogP contribution in [0.4, 0.5) is 0 Å². The number of aryl methyl sites for hydroxylation is 1. The van der Waals surface area contributed by atoms with Crippen LogP contribution in [0, 0.1) is 11.3 Å². The summed E-state index contributed by atoms with van der Waals surface area (Å²) in [5.41, 5.74) is 1.95. The molecular formula is C16H22N2O. The lowest BCUT2D eigenvalue weighted by Gasteiger charge is -2.42. The van der Waals surface area contributed by atoms with Crippen molar-refractivity contribution < 1.29 is 4.74 Å². The molecule has 1 aliphatic carbocycles. The number of ether oxygens (including phenoxy) is 1. The van der Waals surface area contributed by atoms with Gasteiger partial charge in [0, 0.05) is 0 Å². The summed E-state index contributed by atoms with van der Waals surface area (Å²) in [6.45, 7) is 6.02. The van der Waals surface area contributed by atoms with Gasteiger partial charge < -0.3 is 4.74 Å². The molecule has 1 aliphatic rings. The molecule has 0 aromatic heterocycles. The molecule has 0 N–H and O–H groups in total. The molecule has 0 radical (unpaired) electrons. The molecule has 1 atom stereocenters. The van der Waals surface area contributed by atoms with Gasteiger partial charge in [0.25, 0.3) is 0 Å². The van der Waals surface area contributed by atoms with Gasteiger partial charge in [-0.05, 0) is 55.6 Å². The highest BCUT2D eigenvalue weighted by Crippen LogP contribution is 2.41. The normalized spacial score (nSPS) is 21.8. The van der Waals surface area contributed by atoms with Crippen molar-refractivity contribution in [3.05, 3.63) is 29.3 Å². The molecule has 0 heterocycles. The molecule has 0 amide bonds. The minimum Gasteiger partial charge on any atom is -0.497 e. The van der Waals surface area contributed by atoms with Crippen LogP contribution in [0.1, 0.15) is 37.8 Å². The zero-order valence-electron chi connectivity index (χ0n) is 12.1. The lowest BCUT2D eigenvalue weighted by atomic mass is 9.76. The van der Waals surface area contributed by atoms with Crippen LogP contribution < -0.4 is 4.74 Å². The number of nitriles is 1. The Labute approximate surface area is 115 Å². The van der Waals surface area contributed by atoms with E-state index in [9.17, 15) is 5.26 Å². The Morgan fingerprint density at radius 3 is 2.68 bits per heavy atom. The van der Waals surface area contributed by atoms with Crippen LogP contribution >= 0.6 is 0 Å². The average molecular weight is 258 g/mol. The van der Waals surface area contributed by atoms with Gasteiger partial charge in [-0.3, -0.25) is 4.90 Å². The SMILES string of the molecule is CCN(CC)C1(C#N)CCCc2ccc(OC)cc21. The van der Waals surface area contributed by atoms with Crippen LogP contribution in [-0.2, 0) is 12.0 Å². The van der Waals surface area contributed by atoms with Gasteiger partial charge in [0.15, 0.2) is 0 Å². The third-order valence-electron chi connectivity index (χ3n) is 4.24. The van der Waals surface area contributed by atoms with E-state index in [4.69, 9.17) is 4.74 Å². The van der Waals surface area contributed by atoms with Gasteiger partial charge in [0.2, 0.25) is 0 Å². The molecule has 3 heteroatoms. The summed E-state index contributed by atoms with van der Waals surface area (Å²) in [6, 6.07) is 8.76. The molecular weight excluding hydrogens is 236 g/mol. The summed E-state index contributed by atoms with van der Waals surface area (Å²) in [5.74, 6) is 0.840. The number of benzene rings is 1. The van der Waals surface area contributed by atoms with Crippen LogP contribution in [0.2, 0.25) is 0 Å². The van der Waals surface area contributed by atoms with Crippen LogP contribution in [0.3, 0.4) is 0 Å². The Bertz CT molecular complexity index is 488. The van der Waals surface area contributed by atoms with E-state index in [-0.39, 0.29) is 0 Å². The maximum atomic E-state index is 9.85. The predicted octanol–water partition coefficient (Wildman–Crippen LogP) is 3.09. The molecule has 2 rings (SSSR count). The summed E-state index contributed by atoms with van der Waals surface area (Å²) < 4.78 is 5.34. The van der Waals surface area contributed by atoms with E-state index in [0.717, 1.165) is 43.7 Å². The van der Waals surface area contributed by atoms with Gasteiger partial charge in [-0.2, -0.15) is 5.26 Å². The quantitative estimate of drug-likeness (QED) is 0.832. The molecule has 0 saturated carbocycles. The number of hydrogen-bond donors (Lipinski definition) is 0. The Balaban J connectivity index is 2.57. The molecule has 1 unspecified atom stereocenters. The summed E-state index contributed by atoms with van der Waals surface area (Å²) in [7, 11) is 1.68. The monoisotopic (exact) mass is 258 g/mol. The van der Waals surface area contributed by atoms with Crippen LogP contribution in [0.5, 0.6) is 5.75 Å². The summed E-state index contributed by atoms with van der Waals surface area (Å²) >= 11 is 0. The van der Waals surface area contributed by atoms with Gasteiger partial charge in [-0.1, -0.05) is 19.9 Å². The fourth-order valence-electron chi connectivity index (χ4n) is 3.23. The highest BCUT2D eigenvalue weighted by molar-refractivity contribution is 5.45. The summed E-state index contributed by atoms with van der Waals surface area (Å²) in [6.07, 6.45) is 3.04. The van der Waals surface area contributed by atoms with Crippen LogP contribution in [-0.4, -0.2) is 25.1 Å². The number of hydrogen-bond acceptors (Lipinski definition) is 3. The first-order valence-corrected chi connectivity index (χ1v) is 7.05. The van der Waals surface area contributed by atoms with Crippen molar-refractivity contribution in [3.8, 4) is 11.8 Å². The second kappa shape index (κ2) is 5.63. The van der Waals surface area contributed by atoms with Crippen molar-refractivity contribution in [1.82, 2.24) is 4.90 Å². The fourth-order valence-corrected chi connectivity index (χ4v) is 3.23. The number of rotatable bonds is 4. The molecule has 0 spiro atoms. The van der Waals surface area contributed by atoms with E-state index in [2.05, 4.69) is 36.9 Å². The maximum absolute atomic E-state index is 9.85. The number of methoxy groups -OCH3 is 1. The average Bonchev–Trinajstić information content (AvgIpc) is 2.48. The first-order valence-electron chi connectivity index (χ1n) is 7.05. The minimum absolute atomic E-state index is 0.481. The molecule has 0 saturated heterocycles. The van der Waals surface area contributed by atoms with E-state index in [1.807, 2.05) is 6.07 Å². The van der Waals surface area contributed by atoms with Crippen molar-refractivity contribution in [2.75, 3.05) is 20.2 Å². The van der Waals surface area contributed by atoms with Gasteiger partial charge in [0.05, 0.1) is 13.2 Å². The minimum atomic E-state index is -0.481. The van der Waals surface area contributed by atoms with Crippen LogP contribution in [0.25, 0.3) is 0 Å². The van der Waals surface area contributed by atoms with Gasteiger partial charge in [0.1, 0.15) is 11.3 Å². The molecule has 1 aromatic rings. The summed E-state index contributed by atoms with van der Waals surface area (Å²) in [4.78, 5) is 2.27. The first kappa shape index (κ1) is 13.9. The van der Waals surface area contributed by atoms with Crippen molar-refractivity contribution in [2.45, 2.75) is 38.6 Å². The topological polar surface area (TPSA) is 36.3 Å². The van der Waals surface area contributed by atoms with E-state index in [1.165, 1.54) is 5.56 Å². The van der Waals surface area contributed by atoms with E-state index < -0.39 is 5.54 Å². The van der Waals surface area contributed by atoms with Crippen LogP contribution in [0.15, 0.2) is 18.2 Å². The smallest absolute Gasteiger partial charge is 0.135 e. The Kier molecular flexibility index (Phi) is 4.11. The van der Waals surface area contributed by atoms with Crippen molar-refractivity contribution in [3.63, 3.8) is 0 Å². The first-order chi connectivity index (χ1) is 9.21. The van der Waals surface area contributed by atoms with Gasteiger partial charge >= 0.3 is 0 Å². The number of fused-ring (bicyclic) bond motifs is 1. The Morgan fingerprint density at radius 2 is 2.11 bits per heavy atom. The van der Waals surface area contributed by atoms with E-state index >= 15 is 0 Å². The zero-order valence-corrected chi connectivity index (χ0v) is 12.1. The lowest BCUT2D eigenvalue weighted by molar-refractivity contribution is 0.131. The molecule has 3 nitrogen and oxygen atoms in total. The molecule has 0 bridgehead atoms. The molecule has 102 valence electrons. The molecule has 0 aliphatic heterocycles. The summed E-state index contributed by atoms with van der Waals surface area (Å²) in [5, 5.41) is 9.85. The van der Waals surface area contributed by atoms with Gasteiger partial charge in [-0.25, -0.2) is 0 Å². The molecule has 1 aromatic carbocycles. The third-order valence-corrected chi connectivity index (χ3v) is 4.24. The molecule has 19 heavy (non-hydrogen) atoms. The zero-order chi connectivity index (χ0) is 13.9. The van der Waals surface area contributed by atoms with Crippen molar-refractivity contribution in [2.24, 2.45) is 0 Å². The lowest BCUT2D eigenvalue weighted by Crippen LogP contribution is -2.47. The Morgan fingerprint density at radius 1 is 1.37 bits per heavy atom. The second-order valence-corrected chi connectivity index (χ2v) is 5.02.